The summed E-state index contributed by atoms with van der Waals surface area (Å²) in [5, 5.41) is 4.25. The third-order valence-electron chi connectivity index (χ3n) is 3.32. The molecule has 16 heavy (non-hydrogen) atoms. The van der Waals surface area contributed by atoms with E-state index in [-0.39, 0.29) is 6.04 Å². The molecule has 1 aliphatic heterocycles. The number of likely N-dealkylation sites (N-methyl/N-ethyl adjacent to an activating group) is 2. The predicted octanol–water partition coefficient (Wildman–Crippen LogP) is 1.76. The standard InChI is InChI=1S/C11H18BrN3S/c1-14-3-4-15(2)10(5-14)11(13)8-6-16-7-9(8)12/h6-7,10-11H,3-5,13H2,1-2H3. The van der Waals surface area contributed by atoms with E-state index in [1.165, 1.54) is 5.56 Å². The molecule has 0 saturated carbocycles. The van der Waals surface area contributed by atoms with Gasteiger partial charge >= 0.3 is 0 Å². The first-order valence-electron chi connectivity index (χ1n) is 5.45. The zero-order valence-electron chi connectivity index (χ0n) is 9.69. The first kappa shape index (κ1) is 12.5. The van der Waals surface area contributed by atoms with Crippen LogP contribution in [0.15, 0.2) is 15.2 Å². The number of hydrogen-bond donors (Lipinski definition) is 1. The van der Waals surface area contributed by atoms with E-state index in [4.69, 9.17) is 5.73 Å². The maximum Gasteiger partial charge on any atom is 0.0485 e. The van der Waals surface area contributed by atoms with Crippen LogP contribution in [0.1, 0.15) is 11.6 Å². The molecule has 0 amide bonds. The molecule has 0 aromatic carbocycles. The van der Waals surface area contributed by atoms with E-state index in [9.17, 15) is 0 Å². The number of halogens is 1. The second-order valence-corrected chi connectivity index (χ2v) is 6.11. The summed E-state index contributed by atoms with van der Waals surface area (Å²) in [5.74, 6) is 0. The summed E-state index contributed by atoms with van der Waals surface area (Å²) >= 11 is 5.27. The third kappa shape index (κ3) is 2.49. The Morgan fingerprint density at radius 2 is 2.19 bits per heavy atom. The highest BCUT2D eigenvalue weighted by Gasteiger charge is 2.29. The van der Waals surface area contributed by atoms with E-state index in [1.54, 1.807) is 11.3 Å². The summed E-state index contributed by atoms with van der Waals surface area (Å²) in [6.07, 6.45) is 0. The Labute approximate surface area is 109 Å². The fraction of sp³-hybridized carbons (Fsp3) is 0.636. The molecule has 1 fully saturated rings. The van der Waals surface area contributed by atoms with Crippen molar-refractivity contribution in [3.05, 3.63) is 20.8 Å². The van der Waals surface area contributed by atoms with E-state index in [1.807, 2.05) is 0 Å². The molecule has 2 unspecified atom stereocenters. The van der Waals surface area contributed by atoms with Gasteiger partial charge in [0.05, 0.1) is 0 Å². The van der Waals surface area contributed by atoms with E-state index in [0.717, 1.165) is 24.1 Å². The topological polar surface area (TPSA) is 32.5 Å². The molecular formula is C11H18BrN3S. The molecule has 0 bridgehead atoms. The predicted molar refractivity (Wildman–Crippen MR) is 72.9 cm³/mol. The van der Waals surface area contributed by atoms with Crippen molar-refractivity contribution < 1.29 is 0 Å². The quantitative estimate of drug-likeness (QED) is 0.903. The Hall–Kier alpha value is 0.0600. The second-order valence-electron chi connectivity index (χ2n) is 4.51. The maximum absolute atomic E-state index is 6.38. The highest BCUT2D eigenvalue weighted by atomic mass is 79.9. The number of thiophene rings is 1. The van der Waals surface area contributed by atoms with Gasteiger partial charge in [0.2, 0.25) is 0 Å². The van der Waals surface area contributed by atoms with Crippen LogP contribution < -0.4 is 5.73 Å². The van der Waals surface area contributed by atoms with Crippen LogP contribution in [0.5, 0.6) is 0 Å². The van der Waals surface area contributed by atoms with Crippen LogP contribution in [0.3, 0.4) is 0 Å². The summed E-state index contributed by atoms with van der Waals surface area (Å²) in [5.41, 5.74) is 7.61. The lowest BCUT2D eigenvalue weighted by Crippen LogP contribution is -2.54. The SMILES string of the molecule is CN1CCN(C)C(C(N)c2cscc2Br)C1. The number of nitrogens with two attached hydrogens (primary N) is 1. The van der Waals surface area contributed by atoms with Crippen LogP contribution in [0.2, 0.25) is 0 Å². The van der Waals surface area contributed by atoms with Crippen molar-refractivity contribution in [3.63, 3.8) is 0 Å². The van der Waals surface area contributed by atoms with E-state index < -0.39 is 0 Å². The normalized spacial score (nSPS) is 25.9. The van der Waals surface area contributed by atoms with Crippen molar-refractivity contribution in [1.29, 1.82) is 0 Å². The van der Waals surface area contributed by atoms with Crippen molar-refractivity contribution in [1.82, 2.24) is 9.80 Å². The molecule has 0 radical (unpaired) electrons. The average Bonchev–Trinajstić information content (AvgIpc) is 2.67. The molecule has 2 atom stereocenters. The largest absolute Gasteiger partial charge is 0.323 e. The van der Waals surface area contributed by atoms with Gasteiger partial charge in [0.15, 0.2) is 0 Å². The van der Waals surface area contributed by atoms with Crippen LogP contribution in [-0.4, -0.2) is 49.6 Å². The summed E-state index contributed by atoms with van der Waals surface area (Å²) in [7, 11) is 4.33. The van der Waals surface area contributed by atoms with Crippen molar-refractivity contribution in [2.45, 2.75) is 12.1 Å². The molecular weight excluding hydrogens is 286 g/mol. The minimum absolute atomic E-state index is 0.0911. The first-order chi connectivity index (χ1) is 7.59. The van der Waals surface area contributed by atoms with Gasteiger partial charge in [0.1, 0.15) is 0 Å². The first-order valence-corrected chi connectivity index (χ1v) is 7.19. The van der Waals surface area contributed by atoms with E-state index in [0.29, 0.717) is 6.04 Å². The van der Waals surface area contributed by atoms with Gasteiger partial charge in [-0.25, -0.2) is 0 Å². The van der Waals surface area contributed by atoms with Gasteiger partial charge in [-0.2, -0.15) is 11.3 Å². The number of piperazine rings is 1. The number of rotatable bonds is 2. The lowest BCUT2D eigenvalue weighted by molar-refractivity contribution is 0.0973. The molecule has 5 heteroatoms. The van der Waals surface area contributed by atoms with Crippen molar-refractivity contribution in [2.75, 3.05) is 33.7 Å². The highest BCUT2D eigenvalue weighted by Crippen LogP contribution is 2.30. The minimum Gasteiger partial charge on any atom is -0.323 e. The van der Waals surface area contributed by atoms with Gasteiger partial charge in [0.25, 0.3) is 0 Å². The molecule has 3 nitrogen and oxygen atoms in total. The Morgan fingerprint density at radius 1 is 1.44 bits per heavy atom. The van der Waals surface area contributed by atoms with Crippen molar-refractivity contribution in [3.8, 4) is 0 Å². The monoisotopic (exact) mass is 303 g/mol. The summed E-state index contributed by atoms with van der Waals surface area (Å²) in [6.45, 7) is 3.26. The van der Waals surface area contributed by atoms with Crippen molar-refractivity contribution in [2.24, 2.45) is 5.73 Å². The minimum atomic E-state index is 0.0911. The van der Waals surface area contributed by atoms with Gasteiger partial charge in [-0.3, -0.25) is 4.90 Å². The lowest BCUT2D eigenvalue weighted by atomic mass is 10.00. The number of nitrogens with zero attached hydrogens (tertiary/aromatic N) is 2. The summed E-state index contributed by atoms with van der Waals surface area (Å²) in [6, 6.07) is 0.498. The fourth-order valence-electron chi connectivity index (χ4n) is 2.17. The Kier molecular flexibility index (Phi) is 4.02. The summed E-state index contributed by atoms with van der Waals surface area (Å²) in [4.78, 5) is 4.72. The van der Waals surface area contributed by atoms with Crippen LogP contribution in [0.4, 0.5) is 0 Å². The molecule has 2 heterocycles. The maximum atomic E-state index is 6.38. The second kappa shape index (κ2) is 5.14. The molecule has 1 aromatic rings. The van der Waals surface area contributed by atoms with Gasteiger partial charge in [0, 0.05) is 41.6 Å². The molecule has 1 aliphatic rings. The van der Waals surface area contributed by atoms with Gasteiger partial charge in [-0.05, 0) is 41.0 Å². The molecule has 2 rings (SSSR count). The Bertz CT molecular complexity index is 355. The van der Waals surface area contributed by atoms with E-state index in [2.05, 4.69) is 50.6 Å². The average molecular weight is 304 g/mol. The van der Waals surface area contributed by atoms with Crippen LogP contribution in [0, 0.1) is 0 Å². The molecule has 0 aliphatic carbocycles. The third-order valence-corrected chi connectivity index (χ3v) is 5.07. The molecule has 1 aromatic heterocycles. The van der Waals surface area contributed by atoms with Gasteiger partial charge in [-0.1, -0.05) is 0 Å². The highest BCUT2D eigenvalue weighted by molar-refractivity contribution is 9.10. The van der Waals surface area contributed by atoms with Gasteiger partial charge < -0.3 is 10.6 Å². The zero-order valence-corrected chi connectivity index (χ0v) is 12.1. The van der Waals surface area contributed by atoms with Crippen molar-refractivity contribution >= 4 is 27.3 Å². The molecule has 1 saturated heterocycles. The van der Waals surface area contributed by atoms with Gasteiger partial charge in [-0.15, -0.1) is 0 Å². The van der Waals surface area contributed by atoms with Crippen LogP contribution >= 0.6 is 27.3 Å². The van der Waals surface area contributed by atoms with Crippen LogP contribution in [0.25, 0.3) is 0 Å². The molecule has 90 valence electrons. The Morgan fingerprint density at radius 3 is 2.81 bits per heavy atom. The molecule has 2 N–H and O–H groups in total. The Balaban J connectivity index is 2.14. The van der Waals surface area contributed by atoms with E-state index >= 15 is 0 Å². The summed E-state index contributed by atoms with van der Waals surface area (Å²) < 4.78 is 1.15. The van der Waals surface area contributed by atoms with Crippen LogP contribution in [-0.2, 0) is 0 Å². The smallest absolute Gasteiger partial charge is 0.0485 e. The zero-order chi connectivity index (χ0) is 11.7. The number of hydrogen-bond acceptors (Lipinski definition) is 4. The lowest BCUT2D eigenvalue weighted by Gasteiger charge is -2.40. The fourth-order valence-corrected chi connectivity index (χ4v) is 3.78. The molecule has 0 spiro atoms.